The average molecular weight is 256 g/mol. The van der Waals surface area contributed by atoms with Gasteiger partial charge in [-0.1, -0.05) is 13.8 Å². The van der Waals surface area contributed by atoms with Crippen molar-refractivity contribution < 1.29 is 4.79 Å². The van der Waals surface area contributed by atoms with Crippen LogP contribution in [0.25, 0.3) is 0 Å². The molecule has 3 heteroatoms. The van der Waals surface area contributed by atoms with Crippen molar-refractivity contribution in [3.05, 3.63) is 27.2 Å². The first-order valence-corrected chi connectivity index (χ1v) is 5.49. The van der Waals surface area contributed by atoms with Crippen LogP contribution in [0.2, 0.25) is 0 Å². The first-order valence-electron chi connectivity index (χ1n) is 4.70. The second-order valence-electron chi connectivity index (χ2n) is 3.15. The van der Waals surface area contributed by atoms with E-state index in [0.29, 0.717) is 11.3 Å². The van der Waals surface area contributed by atoms with Crippen LogP contribution in [0.4, 0.5) is 5.69 Å². The van der Waals surface area contributed by atoms with Crippen molar-refractivity contribution >= 4 is 27.9 Å². The molecule has 0 unspecified atom stereocenters. The minimum atomic E-state index is 0.569. The SMILES string of the molecule is CCc1cc(Br)c(C=O)c(N)c1CC. The molecule has 0 heterocycles. The third kappa shape index (κ3) is 1.82. The Morgan fingerprint density at radius 2 is 2.07 bits per heavy atom. The second-order valence-corrected chi connectivity index (χ2v) is 4.00. The lowest BCUT2D eigenvalue weighted by Crippen LogP contribution is -2.03. The Hall–Kier alpha value is -0.830. The van der Waals surface area contributed by atoms with Gasteiger partial charge in [-0.2, -0.15) is 0 Å². The summed E-state index contributed by atoms with van der Waals surface area (Å²) < 4.78 is 0.791. The van der Waals surface area contributed by atoms with Crippen molar-refractivity contribution in [3.63, 3.8) is 0 Å². The Morgan fingerprint density at radius 3 is 2.50 bits per heavy atom. The van der Waals surface area contributed by atoms with Gasteiger partial charge in [-0.05, 0) is 46.0 Å². The molecule has 0 bridgehead atoms. The number of hydrogen-bond donors (Lipinski definition) is 1. The highest BCUT2D eigenvalue weighted by atomic mass is 79.9. The molecule has 0 amide bonds. The predicted octanol–water partition coefficient (Wildman–Crippen LogP) is 2.97. The van der Waals surface area contributed by atoms with Gasteiger partial charge in [0.05, 0.1) is 5.56 Å². The molecule has 0 aromatic heterocycles. The highest BCUT2D eigenvalue weighted by Crippen LogP contribution is 2.29. The lowest BCUT2D eigenvalue weighted by atomic mass is 9.98. The second kappa shape index (κ2) is 4.60. The van der Waals surface area contributed by atoms with Crippen LogP contribution < -0.4 is 5.73 Å². The van der Waals surface area contributed by atoms with Gasteiger partial charge in [0, 0.05) is 10.2 Å². The van der Waals surface area contributed by atoms with Crippen LogP contribution in [0.5, 0.6) is 0 Å². The maximum Gasteiger partial charge on any atom is 0.153 e. The van der Waals surface area contributed by atoms with E-state index in [9.17, 15) is 4.79 Å². The number of carbonyl (C=O) groups is 1. The molecule has 0 aliphatic heterocycles. The summed E-state index contributed by atoms with van der Waals surface area (Å²) in [7, 11) is 0. The molecular weight excluding hydrogens is 242 g/mol. The number of aryl methyl sites for hydroxylation is 1. The zero-order valence-electron chi connectivity index (χ0n) is 8.43. The van der Waals surface area contributed by atoms with E-state index in [1.54, 1.807) is 0 Å². The molecule has 14 heavy (non-hydrogen) atoms. The molecule has 1 rings (SSSR count). The Kier molecular flexibility index (Phi) is 3.69. The molecule has 0 aliphatic carbocycles. The van der Waals surface area contributed by atoms with Gasteiger partial charge < -0.3 is 5.73 Å². The van der Waals surface area contributed by atoms with Gasteiger partial charge in [0.1, 0.15) is 0 Å². The van der Waals surface area contributed by atoms with E-state index in [4.69, 9.17) is 5.73 Å². The summed E-state index contributed by atoms with van der Waals surface area (Å²) in [6, 6.07) is 1.99. The van der Waals surface area contributed by atoms with E-state index < -0.39 is 0 Å². The van der Waals surface area contributed by atoms with Crippen molar-refractivity contribution in [1.29, 1.82) is 0 Å². The van der Waals surface area contributed by atoms with Crippen molar-refractivity contribution in [1.82, 2.24) is 0 Å². The fourth-order valence-electron chi connectivity index (χ4n) is 1.63. The monoisotopic (exact) mass is 255 g/mol. The van der Waals surface area contributed by atoms with Crippen molar-refractivity contribution in [2.75, 3.05) is 5.73 Å². The normalized spacial score (nSPS) is 10.2. The molecule has 0 fully saturated rings. The van der Waals surface area contributed by atoms with E-state index in [1.807, 2.05) is 13.0 Å². The fraction of sp³-hybridized carbons (Fsp3) is 0.364. The number of rotatable bonds is 3. The van der Waals surface area contributed by atoms with Crippen LogP contribution in [-0.4, -0.2) is 6.29 Å². The van der Waals surface area contributed by atoms with Crippen LogP contribution in [0.1, 0.15) is 35.3 Å². The summed E-state index contributed by atoms with van der Waals surface area (Å²) in [5, 5.41) is 0. The van der Waals surface area contributed by atoms with Gasteiger partial charge in [-0.25, -0.2) is 0 Å². The summed E-state index contributed by atoms with van der Waals surface area (Å²) in [4.78, 5) is 10.8. The zero-order chi connectivity index (χ0) is 10.7. The summed E-state index contributed by atoms with van der Waals surface area (Å²) >= 11 is 3.35. The molecule has 0 spiro atoms. The van der Waals surface area contributed by atoms with E-state index in [-0.39, 0.29) is 0 Å². The van der Waals surface area contributed by atoms with E-state index >= 15 is 0 Å². The van der Waals surface area contributed by atoms with E-state index in [2.05, 4.69) is 22.9 Å². The summed E-state index contributed by atoms with van der Waals surface area (Å²) in [5.74, 6) is 0. The van der Waals surface area contributed by atoms with Crippen LogP contribution in [0.3, 0.4) is 0 Å². The molecule has 0 saturated carbocycles. The quantitative estimate of drug-likeness (QED) is 0.667. The van der Waals surface area contributed by atoms with Crippen molar-refractivity contribution in [2.45, 2.75) is 26.7 Å². The van der Waals surface area contributed by atoms with Gasteiger partial charge in [-0.15, -0.1) is 0 Å². The number of benzene rings is 1. The van der Waals surface area contributed by atoms with Crippen LogP contribution in [0.15, 0.2) is 10.5 Å². The first kappa shape index (κ1) is 11.2. The van der Waals surface area contributed by atoms with Gasteiger partial charge in [-0.3, -0.25) is 4.79 Å². The molecule has 0 saturated heterocycles. The molecule has 76 valence electrons. The number of nitrogen functional groups attached to an aromatic ring is 1. The molecule has 2 N–H and O–H groups in total. The topological polar surface area (TPSA) is 43.1 Å². The molecule has 0 atom stereocenters. The predicted molar refractivity (Wildman–Crippen MR) is 62.7 cm³/mol. The smallest absolute Gasteiger partial charge is 0.153 e. The third-order valence-electron chi connectivity index (χ3n) is 2.41. The lowest BCUT2D eigenvalue weighted by molar-refractivity contribution is 0.112. The number of nitrogens with two attached hydrogens (primary N) is 1. The summed E-state index contributed by atoms with van der Waals surface area (Å²) in [6.07, 6.45) is 2.60. The number of halogens is 1. The van der Waals surface area contributed by atoms with Crippen LogP contribution >= 0.6 is 15.9 Å². The van der Waals surface area contributed by atoms with Gasteiger partial charge in [0.15, 0.2) is 6.29 Å². The Labute approximate surface area is 92.6 Å². The number of hydrogen-bond acceptors (Lipinski definition) is 2. The highest BCUT2D eigenvalue weighted by molar-refractivity contribution is 9.10. The Balaban J connectivity index is 3.46. The number of anilines is 1. The van der Waals surface area contributed by atoms with Gasteiger partial charge >= 0.3 is 0 Å². The maximum atomic E-state index is 10.8. The minimum absolute atomic E-state index is 0.569. The molecule has 2 nitrogen and oxygen atoms in total. The third-order valence-corrected chi connectivity index (χ3v) is 3.07. The van der Waals surface area contributed by atoms with Gasteiger partial charge in [0.25, 0.3) is 0 Å². The van der Waals surface area contributed by atoms with Gasteiger partial charge in [0.2, 0.25) is 0 Å². The maximum absolute atomic E-state index is 10.8. The summed E-state index contributed by atoms with van der Waals surface area (Å²) in [5.41, 5.74) is 9.41. The summed E-state index contributed by atoms with van der Waals surface area (Å²) in [6.45, 7) is 4.13. The van der Waals surface area contributed by atoms with E-state index in [1.165, 1.54) is 5.56 Å². The van der Waals surface area contributed by atoms with Crippen LogP contribution in [-0.2, 0) is 12.8 Å². The minimum Gasteiger partial charge on any atom is -0.398 e. The standard InChI is InChI=1S/C11H14BrNO/c1-3-7-5-10(12)9(6-14)11(13)8(7)4-2/h5-6H,3-4,13H2,1-2H3. The highest BCUT2D eigenvalue weighted by Gasteiger charge is 2.11. The average Bonchev–Trinajstić information content (AvgIpc) is 2.17. The Bertz CT molecular complexity index is 361. The largest absolute Gasteiger partial charge is 0.398 e. The van der Waals surface area contributed by atoms with E-state index in [0.717, 1.165) is 29.2 Å². The van der Waals surface area contributed by atoms with Crippen molar-refractivity contribution in [3.8, 4) is 0 Å². The molecule has 1 aromatic carbocycles. The molecule has 0 aliphatic rings. The lowest BCUT2D eigenvalue weighted by Gasteiger charge is -2.12. The number of carbonyl (C=O) groups excluding carboxylic acids is 1. The molecular formula is C11H14BrNO. The van der Waals surface area contributed by atoms with Crippen LogP contribution in [0, 0.1) is 0 Å². The number of aldehydes is 1. The first-order chi connectivity index (χ1) is 6.65. The zero-order valence-corrected chi connectivity index (χ0v) is 10.0. The fourth-order valence-corrected chi connectivity index (χ4v) is 2.22. The van der Waals surface area contributed by atoms with Crippen molar-refractivity contribution in [2.24, 2.45) is 0 Å². The Morgan fingerprint density at radius 1 is 1.43 bits per heavy atom. The molecule has 0 radical (unpaired) electrons. The molecule has 1 aromatic rings.